The lowest BCUT2D eigenvalue weighted by atomic mass is 9.80. The molecule has 0 unspecified atom stereocenters. The van der Waals surface area contributed by atoms with Crippen molar-refractivity contribution in [1.82, 2.24) is 0 Å². The van der Waals surface area contributed by atoms with Gasteiger partial charge in [-0.3, -0.25) is 0 Å². The van der Waals surface area contributed by atoms with Crippen LogP contribution in [0.2, 0.25) is 0 Å². The Hall–Kier alpha value is -1.85. The van der Waals surface area contributed by atoms with Gasteiger partial charge in [0, 0.05) is 11.5 Å². The topological polar surface area (TPSA) is 49.7 Å². The summed E-state index contributed by atoms with van der Waals surface area (Å²) in [7, 11) is -1.80. The summed E-state index contributed by atoms with van der Waals surface area (Å²) in [6.45, 7) is 0.507. The van der Waals surface area contributed by atoms with Crippen molar-refractivity contribution in [2.75, 3.05) is 6.61 Å². The van der Waals surface area contributed by atoms with E-state index < -0.39 is 12.9 Å². The molecule has 0 atom stereocenters. The second-order valence-electron chi connectivity index (χ2n) is 4.85. The van der Waals surface area contributed by atoms with E-state index in [-0.39, 0.29) is 5.46 Å². The van der Waals surface area contributed by atoms with Crippen LogP contribution in [0.25, 0.3) is 0 Å². The molecule has 110 valence electrons. The van der Waals surface area contributed by atoms with Crippen LogP contribution in [0.3, 0.4) is 0 Å². The van der Waals surface area contributed by atoms with Gasteiger partial charge in [-0.25, -0.2) is 4.39 Å². The molecule has 5 heteroatoms. The normalized spacial score (nSPS) is 10.4. The van der Waals surface area contributed by atoms with Crippen LogP contribution in [0.1, 0.15) is 18.4 Å². The van der Waals surface area contributed by atoms with E-state index in [4.69, 9.17) is 14.8 Å². The first-order valence-electron chi connectivity index (χ1n) is 6.99. The van der Waals surface area contributed by atoms with Gasteiger partial charge in [0.05, 0.1) is 6.61 Å². The van der Waals surface area contributed by atoms with Gasteiger partial charge >= 0.3 is 7.12 Å². The Morgan fingerprint density at radius 3 is 2.43 bits per heavy atom. The Labute approximate surface area is 124 Å². The molecule has 2 N–H and O–H groups in total. The summed E-state index contributed by atoms with van der Waals surface area (Å²) in [4.78, 5) is 0. The number of benzene rings is 2. The highest BCUT2D eigenvalue weighted by atomic mass is 19.1. The highest BCUT2D eigenvalue weighted by Crippen LogP contribution is 2.12. The molecule has 3 nitrogen and oxygen atoms in total. The number of hydrogen-bond donors (Lipinski definition) is 2. The highest BCUT2D eigenvalue weighted by molar-refractivity contribution is 6.58. The van der Waals surface area contributed by atoms with Gasteiger partial charge in [-0.05, 0) is 30.9 Å². The minimum Gasteiger partial charge on any atom is -0.493 e. The highest BCUT2D eigenvalue weighted by Gasteiger charge is 2.16. The van der Waals surface area contributed by atoms with Gasteiger partial charge in [-0.1, -0.05) is 36.4 Å². The van der Waals surface area contributed by atoms with Crippen LogP contribution >= 0.6 is 0 Å². The Morgan fingerprint density at radius 1 is 1.00 bits per heavy atom. The van der Waals surface area contributed by atoms with E-state index in [9.17, 15) is 4.39 Å². The first-order chi connectivity index (χ1) is 10.2. The van der Waals surface area contributed by atoms with Crippen LogP contribution in [0.5, 0.6) is 5.75 Å². The molecule has 0 amide bonds. The maximum Gasteiger partial charge on any atom is 0.491 e. The minimum atomic E-state index is -1.80. The maximum absolute atomic E-state index is 13.5. The van der Waals surface area contributed by atoms with Crippen LogP contribution in [0.15, 0.2) is 48.5 Å². The summed E-state index contributed by atoms with van der Waals surface area (Å²) in [5, 5.41) is 17.8. The summed E-state index contributed by atoms with van der Waals surface area (Å²) in [6.07, 6.45) is 2.87. The van der Waals surface area contributed by atoms with E-state index in [1.165, 1.54) is 23.8 Å². The summed E-state index contributed by atoms with van der Waals surface area (Å²) in [5.74, 6) is -0.275. The fourth-order valence-corrected chi connectivity index (χ4v) is 2.07. The molecule has 0 aliphatic heterocycles. The lowest BCUT2D eigenvalue weighted by molar-refractivity contribution is 0.305. The molecule has 0 saturated carbocycles. The first kappa shape index (κ1) is 15.5. The molecule has 0 spiro atoms. The molecular formula is C16H18BFO3. The number of ether oxygens (including phenoxy) is 1. The molecule has 21 heavy (non-hydrogen) atoms. The van der Waals surface area contributed by atoms with E-state index in [2.05, 4.69) is 12.1 Å². The standard InChI is InChI=1S/C16H18BFO3/c18-16-12-14(9-10-15(16)17(19)20)21-11-5-4-8-13-6-2-1-3-7-13/h1-3,6-7,9-10,12,19-20H,4-5,8,11H2. The molecule has 0 heterocycles. The quantitative estimate of drug-likeness (QED) is 0.604. The van der Waals surface area contributed by atoms with Crippen LogP contribution in [0, 0.1) is 5.82 Å². The van der Waals surface area contributed by atoms with Crippen molar-refractivity contribution in [3.05, 3.63) is 59.9 Å². The zero-order chi connectivity index (χ0) is 15.1. The van der Waals surface area contributed by atoms with Crippen molar-refractivity contribution in [3.8, 4) is 5.75 Å². The van der Waals surface area contributed by atoms with Gasteiger partial charge in [-0.2, -0.15) is 0 Å². The fraction of sp³-hybridized carbons (Fsp3) is 0.250. The first-order valence-corrected chi connectivity index (χ1v) is 6.99. The van der Waals surface area contributed by atoms with Gasteiger partial charge in [0.25, 0.3) is 0 Å². The van der Waals surface area contributed by atoms with E-state index in [1.54, 1.807) is 0 Å². The average molecular weight is 288 g/mol. The fourth-order valence-electron chi connectivity index (χ4n) is 2.07. The second kappa shape index (κ2) is 7.81. The summed E-state index contributed by atoms with van der Waals surface area (Å²) in [6, 6.07) is 14.2. The van der Waals surface area contributed by atoms with Gasteiger partial charge in [-0.15, -0.1) is 0 Å². The Morgan fingerprint density at radius 2 is 1.76 bits per heavy atom. The van der Waals surface area contributed by atoms with E-state index in [0.29, 0.717) is 12.4 Å². The van der Waals surface area contributed by atoms with E-state index >= 15 is 0 Å². The summed E-state index contributed by atoms with van der Waals surface area (Å²) < 4.78 is 19.0. The molecular weight excluding hydrogens is 270 g/mol. The van der Waals surface area contributed by atoms with E-state index in [1.807, 2.05) is 18.2 Å². The third-order valence-electron chi connectivity index (χ3n) is 3.22. The monoisotopic (exact) mass is 288 g/mol. The van der Waals surface area contributed by atoms with Gasteiger partial charge in [0.1, 0.15) is 11.6 Å². The van der Waals surface area contributed by atoms with Crippen LogP contribution in [0.4, 0.5) is 4.39 Å². The Kier molecular flexibility index (Phi) is 5.78. The van der Waals surface area contributed by atoms with Crippen molar-refractivity contribution in [3.63, 3.8) is 0 Å². The van der Waals surface area contributed by atoms with E-state index in [0.717, 1.165) is 19.3 Å². The van der Waals surface area contributed by atoms with Crippen LogP contribution < -0.4 is 10.2 Å². The SMILES string of the molecule is OB(O)c1ccc(OCCCCc2ccccc2)cc1F. The molecule has 0 aliphatic carbocycles. The number of aryl methyl sites for hydroxylation is 1. The third-order valence-corrected chi connectivity index (χ3v) is 3.22. The van der Waals surface area contributed by atoms with Crippen molar-refractivity contribution < 1.29 is 19.2 Å². The molecule has 0 aliphatic rings. The van der Waals surface area contributed by atoms with Crippen molar-refractivity contribution in [2.24, 2.45) is 0 Å². The van der Waals surface area contributed by atoms with Crippen molar-refractivity contribution >= 4 is 12.6 Å². The number of halogens is 1. The molecule has 0 saturated heterocycles. The van der Waals surface area contributed by atoms with Gasteiger partial charge in [0.15, 0.2) is 0 Å². The predicted octanol–water partition coefficient (Wildman–Crippen LogP) is 1.91. The average Bonchev–Trinajstić information content (AvgIpc) is 2.47. The smallest absolute Gasteiger partial charge is 0.491 e. The maximum atomic E-state index is 13.5. The lowest BCUT2D eigenvalue weighted by Crippen LogP contribution is -2.32. The predicted molar refractivity (Wildman–Crippen MR) is 81.1 cm³/mol. The zero-order valence-corrected chi connectivity index (χ0v) is 11.7. The number of rotatable bonds is 7. The number of unbranched alkanes of at least 4 members (excludes halogenated alkanes) is 1. The third kappa shape index (κ3) is 4.88. The molecule has 0 bridgehead atoms. The van der Waals surface area contributed by atoms with Crippen molar-refractivity contribution in [2.45, 2.75) is 19.3 Å². The minimum absolute atomic E-state index is 0.147. The Bertz CT molecular complexity index is 561. The lowest BCUT2D eigenvalue weighted by Gasteiger charge is -2.08. The van der Waals surface area contributed by atoms with Crippen LogP contribution in [-0.4, -0.2) is 23.8 Å². The molecule has 2 aromatic carbocycles. The molecule has 2 aromatic rings. The Balaban J connectivity index is 1.72. The molecule has 2 rings (SSSR count). The zero-order valence-electron chi connectivity index (χ0n) is 11.7. The van der Waals surface area contributed by atoms with Crippen molar-refractivity contribution in [1.29, 1.82) is 0 Å². The summed E-state index contributed by atoms with van der Waals surface area (Å²) in [5.41, 5.74) is 1.15. The largest absolute Gasteiger partial charge is 0.493 e. The molecule has 0 fully saturated rings. The second-order valence-corrected chi connectivity index (χ2v) is 4.85. The van der Waals surface area contributed by atoms with Gasteiger partial charge < -0.3 is 14.8 Å². The summed E-state index contributed by atoms with van der Waals surface area (Å²) >= 11 is 0. The molecule has 0 radical (unpaired) electrons. The molecule has 0 aromatic heterocycles. The van der Waals surface area contributed by atoms with Crippen LogP contribution in [-0.2, 0) is 6.42 Å². The number of hydrogen-bond acceptors (Lipinski definition) is 3. The van der Waals surface area contributed by atoms with Gasteiger partial charge in [0.2, 0.25) is 0 Å².